The molecular formula is C25H33F2NOSi. The van der Waals surface area contributed by atoms with Crippen molar-refractivity contribution in [1.82, 2.24) is 4.98 Å². The molecule has 0 saturated heterocycles. The molecule has 1 atom stereocenters. The van der Waals surface area contributed by atoms with Crippen molar-refractivity contribution >= 4 is 20.0 Å². The molecule has 3 rings (SSSR count). The number of hydrogen-bond acceptors (Lipinski definition) is 2. The molecule has 5 heteroatoms. The van der Waals surface area contributed by atoms with Crippen molar-refractivity contribution in [3.8, 4) is 0 Å². The van der Waals surface area contributed by atoms with Crippen molar-refractivity contribution in [2.24, 2.45) is 0 Å². The minimum Gasteiger partial charge on any atom is -0.408 e. The first-order chi connectivity index (χ1) is 14.2. The average Bonchev–Trinajstić information content (AvgIpc) is 2.86. The lowest BCUT2D eigenvalue weighted by Crippen LogP contribution is -2.48. The number of allylic oxidation sites excluding steroid dienone is 1. The van der Waals surface area contributed by atoms with Gasteiger partial charge in [0.2, 0.25) is 8.32 Å². The van der Waals surface area contributed by atoms with Gasteiger partial charge in [-0.1, -0.05) is 59.7 Å². The first-order valence-electron chi connectivity index (χ1n) is 11.0. The maximum atomic E-state index is 14.5. The molecule has 1 aromatic carbocycles. The molecule has 0 unspecified atom stereocenters. The van der Waals surface area contributed by atoms with Crippen molar-refractivity contribution < 1.29 is 13.2 Å². The summed E-state index contributed by atoms with van der Waals surface area (Å²) in [7, 11) is -2.12. The second-order valence-corrected chi connectivity index (χ2v) is 14.6. The number of nitrogens with zero attached hydrogens (tertiary/aromatic N) is 1. The van der Waals surface area contributed by atoms with Crippen LogP contribution in [-0.4, -0.2) is 13.3 Å². The van der Waals surface area contributed by atoms with Crippen LogP contribution in [0, 0.1) is 11.6 Å². The van der Waals surface area contributed by atoms with E-state index in [1.807, 2.05) is 18.2 Å². The van der Waals surface area contributed by atoms with E-state index in [9.17, 15) is 8.78 Å². The van der Waals surface area contributed by atoms with Gasteiger partial charge in [-0.2, -0.15) is 0 Å². The second kappa shape index (κ2) is 9.11. The lowest BCUT2D eigenvalue weighted by molar-refractivity contribution is 0.164. The van der Waals surface area contributed by atoms with E-state index in [2.05, 4.69) is 46.5 Å². The van der Waals surface area contributed by atoms with Gasteiger partial charge in [-0.15, -0.1) is 0 Å². The summed E-state index contributed by atoms with van der Waals surface area (Å²) < 4.78 is 35.5. The molecule has 0 amide bonds. The van der Waals surface area contributed by atoms with Crippen molar-refractivity contribution in [3.05, 3.63) is 65.0 Å². The number of benzene rings is 1. The molecule has 0 N–H and O–H groups in total. The molecule has 30 heavy (non-hydrogen) atoms. The van der Waals surface area contributed by atoms with Gasteiger partial charge in [0.15, 0.2) is 11.6 Å². The van der Waals surface area contributed by atoms with Crippen LogP contribution in [0.15, 0.2) is 36.5 Å². The molecular weight excluding hydrogens is 396 g/mol. The van der Waals surface area contributed by atoms with E-state index in [4.69, 9.17) is 4.43 Å². The summed E-state index contributed by atoms with van der Waals surface area (Å²) in [6.45, 7) is 13.6. The Labute approximate surface area is 180 Å². The van der Waals surface area contributed by atoms with Gasteiger partial charge >= 0.3 is 0 Å². The van der Waals surface area contributed by atoms with Crippen LogP contribution in [0.4, 0.5) is 8.78 Å². The molecule has 162 valence electrons. The minimum atomic E-state index is -2.12. The highest BCUT2D eigenvalue weighted by Gasteiger charge is 2.47. The quantitative estimate of drug-likeness (QED) is 0.435. The monoisotopic (exact) mass is 429 g/mol. The summed E-state index contributed by atoms with van der Waals surface area (Å²) in [5.74, 6) is -1.61. The predicted molar refractivity (Wildman–Crippen MR) is 123 cm³/mol. The Hall–Kier alpha value is -1.85. The summed E-state index contributed by atoms with van der Waals surface area (Å²) >= 11 is 0. The number of aromatic nitrogens is 1. The number of pyridine rings is 1. The van der Waals surface area contributed by atoms with Gasteiger partial charge in [0, 0.05) is 11.8 Å². The largest absolute Gasteiger partial charge is 0.408 e. The molecule has 1 heterocycles. The maximum Gasteiger partial charge on any atom is 0.201 e. The first kappa shape index (κ1) is 22.8. The normalized spacial score (nSPS) is 17.3. The summed E-state index contributed by atoms with van der Waals surface area (Å²) in [6.07, 6.45) is 4.91. The summed E-state index contributed by atoms with van der Waals surface area (Å²) in [5, 5.41) is 0. The number of halogens is 2. The Morgan fingerprint density at radius 3 is 2.27 bits per heavy atom. The maximum absolute atomic E-state index is 14.5. The molecule has 0 spiro atoms. The van der Waals surface area contributed by atoms with E-state index in [1.165, 1.54) is 0 Å². The molecule has 0 fully saturated rings. The molecule has 0 aliphatic heterocycles. The third kappa shape index (κ3) is 4.15. The predicted octanol–water partition coefficient (Wildman–Crippen LogP) is 7.93. The summed E-state index contributed by atoms with van der Waals surface area (Å²) in [5.41, 5.74) is 4.33. The van der Waals surface area contributed by atoms with Crippen LogP contribution in [0.3, 0.4) is 0 Å². The number of rotatable bonds is 6. The van der Waals surface area contributed by atoms with E-state index >= 15 is 0 Å². The van der Waals surface area contributed by atoms with Gasteiger partial charge in [-0.05, 0) is 58.8 Å². The van der Waals surface area contributed by atoms with Gasteiger partial charge < -0.3 is 4.43 Å². The highest BCUT2D eigenvalue weighted by molar-refractivity contribution is 6.77. The van der Waals surface area contributed by atoms with E-state index in [0.29, 0.717) is 35.0 Å². The van der Waals surface area contributed by atoms with Gasteiger partial charge in [0.05, 0.1) is 11.8 Å². The Bertz CT molecular complexity index is 901. The zero-order chi connectivity index (χ0) is 22.1. The topological polar surface area (TPSA) is 22.1 Å². The summed E-state index contributed by atoms with van der Waals surface area (Å²) in [4.78, 5) is 4.68. The lowest BCUT2D eigenvalue weighted by atomic mass is 9.99. The van der Waals surface area contributed by atoms with E-state index < -0.39 is 20.0 Å². The Morgan fingerprint density at radius 1 is 0.967 bits per heavy atom. The second-order valence-electron chi connectivity index (χ2n) is 9.21. The zero-order valence-corrected chi connectivity index (χ0v) is 19.9. The van der Waals surface area contributed by atoms with Crippen LogP contribution in [0.5, 0.6) is 0 Å². The molecule has 2 nitrogen and oxygen atoms in total. The molecule has 0 saturated carbocycles. The van der Waals surface area contributed by atoms with Gasteiger partial charge in [-0.3, -0.25) is 4.98 Å². The highest BCUT2D eigenvalue weighted by atomic mass is 28.4. The van der Waals surface area contributed by atoms with Crippen molar-refractivity contribution in [2.75, 3.05) is 0 Å². The smallest absolute Gasteiger partial charge is 0.201 e. The fourth-order valence-corrected chi connectivity index (χ4v) is 10.8. The van der Waals surface area contributed by atoms with Crippen LogP contribution in [0.1, 0.15) is 77.3 Å². The van der Waals surface area contributed by atoms with Crippen LogP contribution in [0.2, 0.25) is 16.6 Å². The van der Waals surface area contributed by atoms with Crippen molar-refractivity contribution in [1.29, 1.82) is 0 Å². The Morgan fingerprint density at radius 2 is 1.63 bits per heavy atom. The first-order valence-corrected chi connectivity index (χ1v) is 13.1. The fraction of sp³-hybridized carbons (Fsp3) is 0.480. The van der Waals surface area contributed by atoms with E-state index in [1.54, 1.807) is 18.3 Å². The number of fused-ring (bicyclic) bond motifs is 1. The Balaban J connectivity index is 2.04. The third-order valence-electron chi connectivity index (χ3n) is 6.53. The van der Waals surface area contributed by atoms with Crippen LogP contribution < -0.4 is 0 Å². The van der Waals surface area contributed by atoms with Crippen LogP contribution in [-0.2, 0) is 4.43 Å². The van der Waals surface area contributed by atoms with Gasteiger partial charge in [-0.25, -0.2) is 8.78 Å². The van der Waals surface area contributed by atoms with Crippen molar-refractivity contribution in [2.45, 2.75) is 77.1 Å². The van der Waals surface area contributed by atoms with E-state index in [-0.39, 0.29) is 6.10 Å². The zero-order valence-electron chi connectivity index (χ0n) is 18.9. The lowest BCUT2D eigenvalue weighted by Gasteiger charge is -2.44. The van der Waals surface area contributed by atoms with Gasteiger partial charge in [0.1, 0.15) is 0 Å². The standard InChI is InChI=1S/C25H33F2NOSi/c1-16(2)30(17(3)4,18(5)6)29-23-13-12-19(15-20-9-8-14-28-25(20)23)21-10-7-11-22(26)24(21)27/h7-11,14-18,23H,12-13H2,1-6H3/t23-/m1/s1. The molecule has 0 radical (unpaired) electrons. The van der Waals surface area contributed by atoms with Gasteiger partial charge in [0.25, 0.3) is 0 Å². The SMILES string of the molecule is CC(C)[Si](O[C@@H]1CCC(c2cccc(F)c2F)=Cc2cccnc21)(C(C)C)C(C)C. The fourth-order valence-electron chi connectivity index (χ4n) is 5.24. The van der Waals surface area contributed by atoms with E-state index in [0.717, 1.165) is 22.9 Å². The summed E-state index contributed by atoms with van der Waals surface area (Å²) in [6, 6.07) is 8.24. The van der Waals surface area contributed by atoms with Crippen LogP contribution >= 0.6 is 0 Å². The van der Waals surface area contributed by atoms with Crippen LogP contribution in [0.25, 0.3) is 11.6 Å². The average molecular weight is 430 g/mol. The third-order valence-corrected chi connectivity index (χ3v) is 12.6. The highest BCUT2D eigenvalue weighted by Crippen LogP contribution is 2.47. The molecule has 0 bridgehead atoms. The molecule has 1 aliphatic rings. The number of hydrogen-bond donors (Lipinski definition) is 0. The molecule has 2 aromatic rings. The molecule has 1 aliphatic carbocycles. The molecule has 1 aromatic heterocycles. The minimum absolute atomic E-state index is 0.148. The Kier molecular flexibility index (Phi) is 6.93. The van der Waals surface area contributed by atoms with Crippen molar-refractivity contribution in [3.63, 3.8) is 0 Å².